The van der Waals surface area contributed by atoms with Crippen LogP contribution < -0.4 is 5.73 Å². The average molecular weight is 403 g/mol. The Morgan fingerprint density at radius 2 is 2.00 bits per heavy atom. The number of rotatable bonds is 5. The van der Waals surface area contributed by atoms with E-state index in [0.717, 1.165) is 50.0 Å². The lowest BCUT2D eigenvalue weighted by Crippen LogP contribution is -2.47. The van der Waals surface area contributed by atoms with Crippen LogP contribution in [-0.2, 0) is 6.54 Å². The standard InChI is InChI=1S/C25H30N4O/c1-17-7-5-13-27-23(17)21-11-4-12-22(24-18(2)8-6-14-28-24)29(21)16-19-9-3-10-20(15-19)25(26)30/h3,5,7-10,13,15,21-22H,4,6,11-12,14,16H2,1-2H3,(H2,26,30). The maximum Gasteiger partial charge on any atom is 0.248 e. The molecule has 1 saturated heterocycles. The largest absolute Gasteiger partial charge is 0.366 e. The molecule has 2 aliphatic heterocycles. The zero-order valence-corrected chi connectivity index (χ0v) is 17.8. The van der Waals surface area contributed by atoms with E-state index in [2.05, 4.69) is 37.0 Å². The van der Waals surface area contributed by atoms with E-state index in [1.54, 1.807) is 6.07 Å². The number of piperidine rings is 1. The van der Waals surface area contributed by atoms with E-state index in [-0.39, 0.29) is 18.0 Å². The predicted molar refractivity (Wildman–Crippen MR) is 121 cm³/mol. The first-order valence-electron chi connectivity index (χ1n) is 10.8. The van der Waals surface area contributed by atoms with E-state index in [1.807, 2.05) is 24.4 Å². The lowest BCUT2D eigenvalue weighted by atomic mass is 9.86. The average Bonchev–Trinajstić information content (AvgIpc) is 2.75. The minimum absolute atomic E-state index is 0.222. The highest BCUT2D eigenvalue weighted by Crippen LogP contribution is 2.38. The highest BCUT2D eigenvalue weighted by Gasteiger charge is 2.36. The van der Waals surface area contributed by atoms with Crippen molar-refractivity contribution >= 4 is 11.6 Å². The number of amides is 1. The van der Waals surface area contributed by atoms with Crippen molar-refractivity contribution in [1.82, 2.24) is 9.88 Å². The Morgan fingerprint density at radius 3 is 2.77 bits per heavy atom. The van der Waals surface area contributed by atoms with Gasteiger partial charge in [0.05, 0.1) is 23.5 Å². The smallest absolute Gasteiger partial charge is 0.248 e. The van der Waals surface area contributed by atoms with Gasteiger partial charge in [-0.3, -0.25) is 19.7 Å². The van der Waals surface area contributed by atoms with Crippen LogP contribution in [0.5, 0.6) is 0 Å². The van der Waals surface area contributed by atoms with E-state index >= 15 is 0 Å². The number of likely N-dealkylation sites (tertiary alicyclic amines) is 1. The summed E-state index contributed by atoms with van der Waals surface area (Å²) in [5.41, 5.74) is 12.0. The van der Waals surface area contributed by atoms with Gasteiger partial charge in [0.1, 0.15) is 0 Å². The fourth-order valence-electron chi connectivity index (χ4n) is 4.81. The minimum atomic E-state index is -0.389. The fourth-order valence-corrected chi connectivity index (χ4v) is 4.81. The highest BCUT2D eigenvalue weighted by atomic mass is 16.1. The van der Waals surface area contributed by atoms with Gasteiger partial charge in [-0.15, -0.1) is 0 Å². The Bertz CT molecular complexity index is 994. The molecular formula is C25H30N4O. The number of carbonyl (C=O) groups excluding carboxylic acids is 1. The number of pyridine rings is 1. The molecule has 0 spiro atoms. The van der Waals surface area contributed by atoms with Crippen molar-refractivity contribution < 1.29 is 4.79 Å². The van der Waals surface area contributed by atoms with Crippen LogP contribution >= 0.6 is 0 Å². The Hall–Kier alpha value is -2.79. The normalized spacial score (nSPS) is 22.3. The predicted octanol–water partition coefficient (Wildman–Crippen LogP) is 4.38. The molecule has 0 saturated carbocycles. The van der Waals surface area contributed by atoms with Gasteiger partial charge in [0.25, 0.3) is 0 Å². The van der Waals surface area contributed by atoms with Crippen LogP contribution in [0.2, 0.25) is 0 Å². The number of carbonyl (C=O) groups is 1. The van der Waals surface area contributed by atoms with Crippen LogP contribution in [0.4, 0.5) is 0 Å². The second-order valence-corrected chi connectivity index (χ2v) is 8.35. The van der Waals surface area contributed by atoms with Gasteiger partial charge >= 0.3 is 0 Å². The number of hydrogen-bond acceptors (Lipinski definition) is 4. The van der Waals surface area contributed by atoms with Crippen molar-refractivity contribution in [2.45, 2.75) is 58.2 Å². The number of nitrogens with two attached hydrogens (primary N) is 1. The number of aromatic nitrogens is 1. The summed E-state index contributed by atoms with van der Waals surface area (Å²) in [4.78, 5) is 23.9. The molecule has 156 valence electrons. The molecule has 5 nitrogen and oxygen atoms in total. The zero-order chi connectivity index (χ0) is 21.1. The summed E-state index contributed by atoms with van der Waals surface area (Å²) in [6, 6.07) is 12.3. The van der Waals surface area contributed by atoms with Crippen LogP contribution in [0.15, 0.2) is 59.2 Å². The molecule has 4 rings (SSSR count). The molecule has 30 heavy (non-hydrogen) atoms. The lowest BCUT2D eigenvalue weighted by Gasteiger charge is -2.43. The Labute approximate surface area is 178 Å². The molecule has 0 bridgehead atoms. The van der Waals surface area contributed by atoms with Gasteiger partial charge < -0.3 is 5.73 Å². The van der Waals surface area contributed by atoms with Crippen molar-refractivity contribution in [3.05, 3.63) is 76.6 Å². The van der Waals surface area contributed by atoms with Crippen LogP contribution in [0.3, 0.4) is 0 Å². The third-order valence-corrected chi connectivity index (χ3v) is 6.28. The van der Waals surface area contributed by atoms with Crippen molar-refractivity contribution in [1.29, 1.82) is 0 Å². The van der Waals surface area contributed by atoms with Crippen molar-refractivity contribution in [3.8, 4) is 0 Å². The van der Waals surface area contributed by atoms with Gasteiger partial charge in [-0.2, -0.15) is 0 Å². The molecule has 2 unspecified atom stereocenters. The Morgan fingerprint density at radius 1 is 1.17 bits per heavy atom. The summed E-state index contributed by atoms with van der Waals surface area (Å²) in [5.74, 6) is -0.389. The molecule has 1 aromatic carbocycles. The quantitative estimate of drug-likeness (QED) is 0.807. The van der Waals surface area contributed by atoms with Gasteiger partial charge in [-0.1, -0.05) is 24.3 Å². The summed E-state index contributed by atoms with van der Waals surface area (Å²) in [6.07, 6.45) is 8.52. The van der Waals surface area contributed by atoms with Gasteiger partial charge in [0, 0.05) is 24.8 Å². The van der Waals surface area contributed by atoms with Gasteiger partial charge in [0.15, 0.2) is 0 Å². The van der Waals surface area contributed by atoms with Crippen molar-refractivity contribution in [2.75, 3.05) is 6.54 Å². The molecule has 1 fully saturated rings. The molecule has 0 radical (unpaired) electrons. The monoisotopic (exact) mass is 402 g/mol. The molecule has 2 aromatic rings. The van der Waals surface area contributed by atoms with Gasteiger partial charge in [-0.25, -0.2) is 0 Å². The molecule has 1 amide bonds. The third-order valence-electron chi connectivity index (χ3n) is 6.28. The highest BCUT2D eigenvalue weighted by molar-refractivity contribution is 6.04. The number of dihydropyridines is 1. The molecule has 3 heterocycles. The summed E-state index contributed by atoms with van der Waals surface area (Å²) in [6.45, 7) is 5.92. The number of hydrogen-bond donors (Lipinski definition) is 1. The van der Waals surface area contributed by atoms with E-state index in [0.29, 0.717) is 5.56 Å². The number of nitrogens with zero attached hydrogens (tertiary/aromatic N) is 3. The number of aliphatic imine (C=N–C) groups is 1. The van der Waals surface area contributed by atoms with Crippen molar-refractivity contribution in [2.24, 2.45) is 10.7 Å². The summed E-state index contributed by atoms with van der Waals surface area (Å²) >= 11 is 0. The Kier molecular flexibility index (Phi) is 6.09. The SMILES string of the molecule is CC1=CCCN=C1C1CCCC(c2ncccc2C)N1Cc1cccc(C(N)=O)c1. The summed E-state index contributed by atoms with van der Waals surface area (Å²) in [7, 11) is 0. The van der Waals surface area contributed by atoms with E-state index < -0.39 is 0 Å². The summed E-state index contributed by atoms with van der Waals surface area (Å²) < 4.78 is 0. The van der Waals surface area contributed by atoms with Crippen LogP contribution in [0.1, 0.15) is 65.8 Å². The first-order chi connectivity index (χ1) is 14.5. The topological polar surface area (TPSA) is 71.6 Å². The van der Waals surface area contributed by atoms with Crippen molar-refractivity contribution in [3.63, 3.8) is 0 Å². The second kappa shape index (κ2) is 8.92. The van der Waals surface area contributed by atoms with Gasteiger partial charge in [0.2, 0.25) is 5.91 Å². The van der Waals surface area contributed by atoms with Gasteiger partial charge in [-0.05, 0) is 74.4 Å². The number of primary amides is 1. The van der Waals surface area contributed by atoms with Crippen LogP contribution in [-0.4, -0.2) is 34.1 Å². The number of aryl methyl sites for hydroxylation is 1. The first kappa shape index (κ1) is 20.5. The number of benzene rings is 1. The first-order valence-corrected chi connectivity index (χ1v) is 10.8. The minimum Gasteiger partial charge on any atom is -0.366 e. The molecule has 2 aliphatic rings. The molecule has 2 atom stereocenters. The maximum atomic E-state index is 11.7. The van der Waals surface area contributed by atoms with Crippen LogP contribution in [0, 0.1) is 6.92 Å². The van der Waals surface area contributed by atoms with Crippen LogP contribution in [0.25, 0.3) is 0 Å². The fraction of sp³-hybridized carbons (Fsp3) is 0.400. The zero-order valence-electron chi connectivity index (χ0n) is 17.8. The second-order valence-electron chi connectivity index (χ2n) is 8.35. The van der Waals surface area contributed by atoms with E-state index in [1.165, 1.54) is 16.8 Å². The summed E-state index contributed by atoms with van der Waals surface area (Å²) in [5, 5.41) is 0. The third kappa shape index (κ3) is 4.21. The molecule has 0 aliphatic carbocycles. The molecular weight excluding hydrogens is 372 g/mol. The molecule has 5 heteroatoms. The maximum absolute atomic E-state index is 11.7. The molecule has 2 N–H and O–H groups in total. The lowest BCUT2D eigenvalue weighted by molar-refractivity contribution is 0.0998. The van der Waals surface area contributed by atoms with E-state index in [9.17, 15) is 4.79 Å². The molecule has 1 aromatic heterocycles. The van der Waals surface area contributed by atoms with E-state index in [4.69, 9.17) is 15.7 Å². The Balaban J connectivity index is 1.74.